The summed E-state index contributed by atoms with van der Waals surface area (Å²) in [4.78, 5) is 23.8. The summed E-state index contributed by atoms with van der Waals surface area (Å²) < 4.78 is 52.7. The molecule has 0 heterocycles. The van der Waals surface area contributed by atoms with Gasteiger partial charge in [0.25, 0.3) is 5.91 Å². The van der Waals surface area contributed by atoms with Crippen LogP contribution in [0.4, 0.5) is 23.2 Å². The highest BCUT2D eigenvalue weighted by atomic mass is 19.2. The minimum Gasteiger partial charge on any atom is -0.342 e. The molecule has 2 aromatic carbocycles. The van der Waals surface area contributed by atoms with E-state index in [1.807, 2.05) is 13.8 Å². The molecule has 4 N–H and O–H groups in total. The Morgan fingerprint density at radius 3 is 2.21 bits per heavy atom. The number of halogens is 4. The monoisotopic (exact) mass is 412 g/mol. The maximum Gasteiger partial charge on any atom is 0.275 e. The molecule has 2 aromatic rings. The SMILES string of the molecule is CC(C)[C@@H]([NH2+]CC(=O)NCC(=O)Nc1ccc(F)c(F)c1F)c1ccc(F)cc1. The largest absolute Gasteiger partial charge is 0.342 e. The van der Waals surface area contributed by atoms with E-state index in [0.29, 0.717) is 6.07 Å². The van der Waals surface area contributed by atoms with Crippen LogP contribution in [0.15, 0.2) is 36.4 Å². The number of carbonyl (C=O) groups is 2. The van der Waals surface area contributed by atoms with Crippen molar-refractivity contribution in [3.63, 3.8) is 0 Å². The van der Waals surface area contributed by atoms with E-state index in [4.69, 9.17) is 0 Å². The zero-order valence-corrected chi connectivity index (χ0v) is 15.9. The van der Waals surface area contributed by atoms with Crippen molar-refractivity contribution in [3.05, 3.63) is 65.2 Å². The first-order valence-electron chi connectivity index (χ1n) is 8.98. The highest BCUT2D eigenvalue weighted by Crippen LogP contribution is 2.19. The van der Waals surface area contributed by atoms with E-state index in [9.17, 15) is 27.2 Å². The van der Waals surface area contributed by atoms with Crippen LogP contribution in [0, 0.1) is 29.2 Å². The summed E-state index contributed by atoms with van der Waals surface area (Å²) in [5.41, 5.74) is 0.339. The van der Waals surface area contributed by atoms with Gasteiger partial charge >= 0.3 is 0 Å². The Morgan fingerprint density at radius 2 is 1.59 bits per heavy atom. The fraction of sp³-hybridized carbons (Fsp3) is 0.300. The maximum atomic E-state index is 13.5. The standard InChI is InChI=1S/C20H21F4N3O2/c1-11(2)20(12-3-5-13(21)6-4-12)26-9-16(28)25-10-17(29)27-15-8-7-14(22)18(23)19(15)24/h3-8,11,20,26H,9-10H2,1-2H3,(H,25,28)(H,27,29)/p+1/t20-/m1/s1. The fourth-order valence-corrected chi connectivity index (χ4v) is 2.78. The smallest absolute Gasteiger partial charge is 0.275 e. The number of carbonyl (C=O) groups excluding carboxylic acids is 2. The average molecular weight is 412 g/mol. The molecule has 0 aliphatic rings. The number of nitrogens with two attached hydrogens (primary N) is 1. The molecule has 2 amide bonds. The lowest BCUT2D eigenvalue weighted by Crippen LogP contribution is -2.88. The molecule has 0 unspecified atom stereocenters. The van der Waals surface area contributed by atoms with Crippen LogP contribution in [0.3, 0.4) is 0 Å². The van der Waals surface area contributed by atoms with Crippen molar-refractivity contribution in [1.29, 1.82) is 0 Å². The summed E-state index contributed by atoms with van der Waals surface area (Å²) in [5, 5.41) is 6.20. The van der Waals surface area contributed by atoms with Crippen molar-refractivity contribution in [3.8, 4) is 0 Å². The van der Waals surface area contributed by atoms with Crippen molar-refractivity contribution >= 4 is 17.5 Å². The Labute approximate surface area is 165 Å². The normalized spacial score (nSPS) is 12.0. The van der Waals surface area contributed by atoms with Crippen LogP contribution < -0.4 is 16.0 Å². The Morgan fingerprint density at radius 1 is 0.931 bits per heavy atom. The van der Waals surface area contributed by atoms with Crippen molar-refractivity contribution < 1.29 is 32.5 Å². The van der Waals surface area contributed by atoms with Gasteiger partial charge in [0.2, 0.25) is 5.91 Å². The zero-order chi connectivity index (χ0) is 21.6. The maximum absolute atomic E-state index is 13.5. The van der Waals surface area contributed by atoms with Gasteiger partial charge in [0.15, 0.2) is 24.0 Å². The third kappa shape index (κ3) is 6.28. The van der Waals surface area contributed by atoms with Crippen molar-refractivity contribution in [2.24, 2.45) is 5.92 Å². The van der Waals surface area contributed by atoms with Gasteiger partial charge < -0.3 is 16.0 Å². The van der Waals surface area contributed by atoms with E-state index in [-0.39, 0.29) is 24.3 Å². The lowest BCUT2D eigenvalue weighted by molar-refractivity contribution is -0.692. The van der Waals surface area contributed by atoms with E-state index >= 15 is 0 Å². The Bertz CT molecular complexity index is 873. The van der Waals surface area contributed by atoms with Crippen LogP contribution in [0.5, 0.6) is 0 Å². The molecule has 29 heavy (non-hydrogen) atoms. The summed E-state index contributed by atoms with van der Waals surface area (Å²) in [7, 11) is 0. The van der Waals surface area contributed by atoms with Gasteiger partial charge in [-0.15, -0.1) is 0 Å². The number of hydrogen-bond acceptors (Lipinski definition) is 2. The molecule has 0 aliphatic heterocycles. The topological polar surface area (TPSA) is 74.8 Å². The van der Waals surface area contributed by atoms with Gasteiger partial charge in [0.1, 0.15) is 11.9 Å². The molecule has 0 saturated heterocycles. The molecule has 5 nitrogen and oxygen atoms in total. The lowest BCUT2D eigenvalue weighted by atomic mass is 9.96. The molecule has 2 rings (SSSR count). The first-order valence-corrected chi connectivity index (χ1v) is 8.98. The molecule has 9 heteroatoms. The van der Waals surface area contributed by atoms with Gasteiger partial charge in [0, 0.05) is 11.5 Å². The average Bonchev–Trinajstić information content (AvgIpc) is 2.68. The summed E-state index contributed by atoms with van der Waals surface area (Å²) in [6, 6.07) is 7.48. The van der Waals surface area contributed by atoms with Crippen LogP contribution in [-0.2, 0) is 9.59 Å². The van der Waals surface area contributed by atoms with Gasteiger partial charge in [-0.3, -0.25) is 9.59 Å². The predicted molar refractivity (Wildman–Crippen MR) is 98.7 cm³/mol. The molecule has 0 radical (unpaired) electrons. The second kappa shape index (κ2) is 10.0. The van der Waals surface area contributed by atoms with Gasteiger partial charge in [-0.25, -0.2) is 17.6 Å². The second-order valence-electron chi connectivity index (χ2n) is 6.81. The third-order valence-corrected chi connectivity index (χ3v) is 4.29. The minimum absolute atomic E-state index is 0.00698. The van der Waals surface area contributed by atoms with Gasteiger partial charge in [-0.05, 0) is 24.3 Å². The first kappa shape index (κ1) is 22.4. The zero-order valence-electron chi connectivity index (χ0n) is 15.9. The number of rotatable bonds is 8. The van der Waals surface area contributed by atoms with E-state index in [1.165, 1.54) is 12.1 Å². The number of amides is 2. The summed E-state index contributed by atoms with van der Waals surface area (Å²) in [6.45, 7) is 3.47. The molecule has 0 spiro atoms. The number of quaternary nitrogens is 1. The second-order valence-corrected chi connectivity index (χ2v) is 6.81. The number of hydrogen-bond donors (Lipinski definition) is 3. The van der Waals surface area contributed by atoms with Crippen LogP contribution >= 0.6 is 0 Å². The van der Waals surface area contributed by atoms with E-state index in [1.54, 1.807) is 17.4 Å². The molecule has 0 saturated carbocycles. The number of nitrogens with one attached hydrogen (secondary N) is 2. The van der Waals surface area contributed by atoms with Crippen LogP contribution in [0.25, 0.3) is 0 Å². The van der Waals surface area contributed by atoms with Crippen molar-refractivity contribution in [1.82, 2.24) is 5.32 Å². The fourth-order valence-electron chi connectivity index (χ4n) is 2.78. The van der Waals surface area contributed by atoms with E-state index in [2.05, 4.69) is 10.6 Å². The molecular weight excluding hydrogens is 390 g/mol. The highest BCUT2D eigenvalue weighted by Gasteiger charge is 2.21. The van der Waals surface area contributed by atoms with E-state index in [0.717, 1.165) is 11.6 Å². The summed E-state index contributed by atoms with van der Waals surface area (Å²) in [6.07, 6.45) is 0. The van der Waals surface area contributed by atoms with Crippen LogP contribution in [0.2, 0.25) is 0 Å². The minimum atomic E-state index is -1.69. The molecular formula is C20H22F4N3O2+. The van der Waals surface area contributed by atoms with Gasteiger partial charge in [-0.1, -0.05) is 26.0 Å². The Kier molecular flexibility index (Phi) is 7.72. The van der Waals surface area contributed by atoms with E-state index < -0.39 is 41.5 Å². The van der Waals surface area contributed by atoms with Gasteiger partial charge in [-0.2, -0.15) is 0 Å². The summed E-state index contributed by atoms with van der Waals surface area (Å²) in [5.74, 6) is -6.00. The Balaban J connectivity index is 1.85. The third-order valence-electron chi connectivity index (χ3n) is 4.29. The van der Waals surface area contributed by atoms with Crippen molar-refractivity contribution in [2.75, 3.05) is 18.4 Å². The van der Waals surface area contributed by atoms with Gasteiger partial charge in [0.05, 0.1) is 12.2 Å². The predicted octanol–water partition coefficient (Wildman–Crippen LogP) is 2.26. The van der Waals surface area contributed by atoms with Crippen LogP contribution in [0.1, 0.15) is 25.5 Å². The molecule has 0 bridgehead atoms. The lowest BCUT2D eigenvalue weighted by Gasteiger charge is -2.19. The van der Waals surface area contributed by atoms with Crippen molar-refractivity contribution in [2.45, 2.75) is 19.9 Å². The molecule has 0 aliphatic carbocycles. The highest BCUT2D eigenvalue weighted by molar-refractivity contribution is 5.94. The quantitative estimate of drug-likeness (QED) is 0.460. The first-order chi connectivity index (χ1) is 13.7. The Hall–Kier alpha value is -2.94. The summed E-state index contributed by atoms with van der Waals surface area (Å²) >= 11 is 0. The van der Waals surface area contributed by atoms with Crippen LogP contribution in [-0.4, -0.2) is 24.9 Å². The number of benzene rings is 2. The molecule has 0 fully saturated rings. The molecule has 156 valence electrons. The molecule has 0 aromatic heterocycles. The number of anilines is 1. The molecule has 1 atom stereocenters.